The summed E-state index contributed by atoms with van der Waals surface area (Å²) in [6, 6.07) is 9.53. The number of hydrogen-bond donors (Lipinski definition) is 1. The zero-order valence-electron chi connectivity index (χ0n) is 16.2. The van der Waals surface area contributed by atoms with Gasteiger partial charge in [0.1, 0.15) is 6.29 Å². The Bertz CT molecular complexity index is 908. The molecular formula is C19H27N2O5P. The van der Waals surface area contributed by atoms with Gasteiger partial charge in [0.2, 0.25) is 0 Å². The Labute approximate surface area is 158 Å². The van der Waals surface area contributed by atoms with E-state index in [0.717, 1.165) is 5.56 Å². The molecular weight excluding hydrogens is 367 g/mol. The molecule has 1 aromatic carbocycles. The number of aromatic amines is 1. The zero-order chi connectivity index (χ0) is 20.0. The molecule has 2 aromatic rings. The molecule has 8 heteroatoms. The predicted molar refractivity (Wildman–Crippen MR) is 106 cm³/mol. The highest BCUT2D eigenvalue weighted by Crippen LogP contribution is 2.49. The molecule has 27 heavy (non-hydrogen) atoms. The molecule has 0 bridgehead atoms. The van der Waals surface area contributed by atoms with Crippen LogP contribution in [0.3, 0.4) is 0 Å². The van der Waals surface area contributed by atoms with E-state index in [9.17, 15) is 14.2 Å². The summed E-state index contributed by atoms with van der Waals surface area (Å²) in [6.07, 6.45) is 0.123. The van der Waals surface area contributed by atoms with Gasteiger partial charge in [-0.15, -0.1) is 0 Å². The molecule has 0 unspecified atom stereocenters. The Morgan fingerprint density at radius 2 is 1.67 bits per heavy atom. The van der Waals surface area contributed by atoms with E-state index < -0.39 is 18.8 Å². The number of benzene rings is 1. The molecule has 2 rings (SSSR count). The second-order valence-electron chi connectivity index (χ2n) is 6.45. The Morgan fingerprint density at radius 1 is 1.07 bits per heavy atom. The minimum Gasteiger partial charge on any atom is -0.308 e. The lowest BCUT2D eigenvalue weighted by atomic mass is 9.98. The summed E-state index contributed by atoms with van der Waals surface area (Å²) in [5.41, 5.74) is 0.943. The Hall–Kier alpha value is -1.95. The van der Waals surface area contributed by atoms with Crippen molar-refractivity contribution in [3.05, 3.63) is 68.0 Å². The van der Waals surface area contributed by atoms with Crippen LogP contribution < -0.4 is 11.2 Å². The van der Waals surface area contributed by atoms with Crippen molar-refractivity contribution in [1.82, 2.24) is 9.55 Å². The summed E-state index contributed by atoms with van der Waals surface area (Å²) in [5.74, 6) is -0.113. The minimum absolute atomic E-state index is 0.113. The SMILES string of the molecule is CCOP(=O)(Cn1c(Cc2ccccc2)c(C(C)C)c(=O)[nH]c1=O)OCC. The van der Waals surface area contributed by atoms with Crippen molar-refractivity contribution < 1.29 is 13.6 Å². The monoisotopic (exact) mass is 394 g/mol. The van der Waals surface area contributed by atoms with Crippen LogP contribution in [-0.4, -0.2) is 22.8 Å². The second kappa shape index (κ2) is 9.31. The highest BCUT2D eigenvalue weighted by Gasteiger charge is 2.28. The standard InChI is InChI=1S/C19H27N2O5P/c1-5-25-27(24,26-6-2)13-21-16(12-15-10-8-7-9-11-15)17(14(3)4)18(22)20-19(21)23/h7-11,14H,5-6,12-13H2,1-4H3,(H,20,22,23). The quantitative estimate of drug-likeness (QED) is 0.658. The van der Waals surface area contributed by atoms with Gasteiger partial charge >= 0.3 is 13.3 Å². The van der Waals surface area contributed by atoms with E-state index in [2.05, 4.69) is 4.98 Å². The molecule has 0 spiro atoms. The lowest BCUT2D eigenvalue weighted by Crippen LogP contribution is -2.36. The van der Waals surface area contributed by atoms with Crippen molar-refractivity contribution in [3.8, 4) is 0 Å². The van der Waals surface area contributed by atoms with Gasteiger partial charge in [-0.1, -0.05) is 44.2 Å². The molecule has 0 aliphatic heterocycles. The molecule has 1 N–H and O–H groups in total. The summed E-state index contributed by atoms with van der Waals surface area (Å²) < 4.78 is 25.0. The molecule has 0 aliphatic carbocycles. The number of H-pyrrole nitrogens is 1. The van der Waals surface area contributed by atoms with E-state index in [4.69, 9.17) is 9.05 Å². The van der Waals surface area contributed by atoms with Crippen LogP contribution in [0, 0.1) is 0 Å². The normalized spacial score (nSPS) is 11.9. The first-order chi connectivity index (χ1) is 12.8. The zero-order valence-corrected chi connectivity index (χ0v) is 17.1. The summed E-state index contributed by atoms with van der Waals surface area (Å²) in [7, 11) is -3.52. The third-order valence-electron chi connectivity index (χ3n) is 4.10. The first-order valence-corrected chi connectivity index (χ1v) is 10.8. The molecule has 148 valence electrons. The van der Waals surface area contributed by atoms with Gasteiger partial charge in [0.05, 0.1) is 13.2 Å². The van der Waals surface area contributed by atoms with Crippen molar-refractivity contribution >= 4 is 7.60 Å². The van der Waals surface area contributed by atoms with E-state index in [0.29, 0.717) is 17.7 Å². The Balaban J connectivity index is 2.64. The molecule has 0 fully saturated rings. The van der Waals surface area contributed by atoms with Crippen molar-refractivity contribution in [1.29, 1.82) is 0 Å². The van der Waals surface area contributed by atoms with Gasteiger partial charge in [-0.2, -0.15) is 0 Å². The van der Waals surface area contributed by atoms with E-state index in [1.54, 1.807) is 13.8 Å². The molecule has 0 saturated carbocycles. The highest BCUT2D eigenvalue weighted by molar-refractivity contribution is 7.52. The summed E-state index contributed by atoms with van der Waals surface area (Å²) >= 11 is 0. The van der Waals surface area contributed by atoms with E-state index in [1.807, 2.05) is 44.2 Å². The first-order valence-electron chi connectivity index (χ1n) is 9.09. The Morgan fingerprint density at radius 3 is 2.19 bits per heavy atom. The van der Waals surface area contributed by atoms with E-state index in [-0.39, 0.29) is 25.4 Å². The van der Waals surface area contributed by atoms with Gasteiger partial charge in [-0.25, -0.2) is 4.79 Å². The van der Waals surface area contributed by atoms with Crippen molar-refractivity contribution in [3.63, 3.8) is 0 Å². The molecule has 7 nitrogen and oxygen atoms in total. The fraction of sp³-hybridized carbons (Fsp3) is 0.474. The fourth-order valence-electron chi connectivity index (χ4n) is 3.04. The van der Waals surface area contributed by atoms with Gasteiger partial charge in [0.25, 0.3) is 5.56 Å². The molecule has 0 amide bonds. The summed E-state index contributed by atoms with van der Waals surface area (Å²) in [6.45, 7) is 7.59. The molecule has 0 atom stereocenters. The minimum atomic E-state index is -3.52. The highest BCUT2D eigenvalue weighted by atomic mass is 31.2. The maximum atomic E-state index is 13.0. The maximum absolute atomic E-state index is 13.0. The van der Waals surface area contributed by atoms with Crippen LogP contribution in [0.15, 0.2) is 39.9 Å². The van der Waals surface area contributed by atoms with Gasteiger partial charge in [0.15, 0.2) is 0 Å². The maximum Gasteiger partial charge on any atom is 0.350 e. The van der Waals surface area contributed by atoms with Crippen LogP contribution in [0.25, 0.3) is 0 Å². The average molecular weight is 394 g/mol. The summed E-state index contributed by atoms with van der Waals surface area (Å²) in [5, 5.41) is 0. The van der Waals surface area contributed by atoms with Crippen molar-refractivity contribution in [2.45, 2.75) is 46.3 Å². The number of rotatable bonds is 9. The van der Waals surface area contributed by atoms with Gasteiger partial charge in [-0.05, 0) is 25.3 Å². The third kappa shape index (κ3) is 5.28. The van der Waals surface area contributed by atoms with E-state index >= 15 is 0 Å². The first kappa shape index (κ1) is 21.4. The van der Waals surface area contributed by atoms with Crippen LogP contribution in [0.5, 0.6) is 0 Å². The van der Waals surface area contributed by atoms with Crippen LogP contribution in [-0.2, 0) is 26.3 Å². The Kier molecular flexibility index (Phi) is 7.36. The average Bonchev–Trinajstić information content (AvgIpc) is 2.59. The van der Waals surface area contributed by atoms with Crippen molar-refractivity contribution in [2.24, 2.45) is 0 Å². The third-order valence-corrected chi connectivity index (χ3v) is 6.04. The number of hydrogen-bond acceptors (Lipinski definition) is 5. The van der Waals surface area contributed by atoms with Crippen LogP contribution in [0.2, 0.25) is 0 Å². The number of nitrogens with one attached hydrogen (secondary N) is 1. The molecule has 0 saturated heterocycles. The smallest absolute Gasteiger partial charge is 0.308 e. The van der Waals surface area contributed by atoms with E-state index in [1.165, 1.54) is 4.57 Å². The molecule has 0 aliphatic rings. The summed E-state index contributed by atoms with van der Waals surface area (Å²) in [4.78, 5) is 27.4. The van der Waals surface area contributed by atoms with Crippen LogP contribution >= 0.6 is 7.60 Å². The molecule has 1 heterocycles. The molecule has 0 radical (unpaired) electrons. The van der Waals surface area contributed by atoms with Gasteiger partial charge in [-0.3, -0.25) is 18.9 Å². The second-order valence-corrected chi connectivity index (χ2v) is 8.47. The van der Waals surface area contributed by atoms with Crippen LogP contribution in [0.1, 0.15) is 50.4 Å². The number of aromatic nitrogens is 2. The lowest BCUT2D eigenvalue weighted by molar-refractivity contribution is 0.213. The number of nitrogens with zero attached hydrogens (tertiary/aromatic N) is 1. The largest absolute Gasteiger partial charge is 0.350 e. The topological polar surface area (TPSA) is 90.4 Å². The molecule has 1 aromatic heterocycles. The lowest BCUT2D eigenvalue weighted by Gasteiger charge is -2.22. The van der Waals surface area contributed by atoms with Crippen LogP contribution in [0.4, 0.5) is 0 Å². The van der Waals surface area contributed by atoms with Gasteiger partial charge in [0, 0.05) is 17.7 Å². The van der Waals surface area contributed by atoms with Crippen molar-refractivity contribution in [2.75, 3.05) is 13.2 Å². The van der Waals surface area contributed by atoms with Gasteiger partial charge < -0.3 is 9.05 Å². The predicted octanol–water partition coefficient (Wildman–Crippen LogP) is 3.47. The fourth-order valence-corrected chi connectivity index (χ4v) is 4.71.